The van der Waals surface area contributed by atoms with Crippen molar-refractivity contribution in [1.29, 1.82) is 0 Å². The van der Waals surface area contributed by atoms with Crippen molar-refractivity contribution in [2.24, 2.45) is 0 Å². The molecule has 0 bridgehead atoms. The molecule has 4 aliphatic rings. The van der Waals surface area contributed by atoms with Crippen molar-refractivity contribution in [3.8, 4) is 0 Å². The normalized spacial score (nSPS) is 25.5. The summed E-state index contributed by atoms with van der Waals surface area (Å²) in [6.07, 6.45) is 10.3. The van der Waals surface area contributed by atoms with Gasteiger partial charge < -0.3 is 19.3 Å². The number of Topliss-reactive ketones (excluding diaryl/α,β-unsaturated/α-hetero) is 1. The van der Waals surface area contributed by atoms with Crippen LogP contribution in [0.1, 0.15) is 79.5 Å². The number of fused-ring (bicyclic) bond motifs is 1. The molecule has 2 saturated heterocycles. The highest BCUT2D eigenvalue weighted by Gasteiger charge is 2.42. The smallest absolute Gasteiger partial charge is 0.356 e. The number of hydrogen-bond acceptors (Lipinski definition) is 6. The Bertz CT molecular complexity index is 898. The summed E-state index contributed by atoms with van der Waals surface area (Å²) in [5, 5.41) is 13.8. The SMILES string of the molecule is C[Si](C)(C)CCOCn1nc(C(=O)O)c2c1CC1(CCCO1)CC2.O=C1CCC2(CCCO2)CC1. The van der Waals surface area contributed by atoms with Gasteiger partial charge in [0.25, 0.3) is 0 Å². The first kappa shape index (κ1) is 26.5. The molecule has 3 fully saturated rings. The molecule has 9 heteroatoms. The average Bonchev–Trinajstić information content (AvgIpc) is 3.53. The number of ketones is 1. The molecule has 2 aliphatic carbocycles. The number of carboxylic acids is 1. The van der Waals surface area contributed by atoms with E-state index in [0.29, 0.717) is 19.1 Å². The minimum absolute atomic E-state index is 0.112. The lowest BCUT2D eigenvalue weighted by Gasteiger charge is -2.33. The molecule has 196 valence electrons. The van der Waals surface area contributed by atoms with Gasteiger partial charge >= 0.3 is 5.97 Å². The Hall–Kier alpha value is -1.55. The van der Waals surface area contributed by atoms with Crippen molar-refractivity contribution in [3.63, 3.8) is 0 Å². The lowest BCUT2D eigenvalue weighted by molar-refractivity contribution is -0.126. The Balaban J connectivity index is 0.000000218. The fraction of sp³-hybridized carbons (Fsp3) is 0.808. The molecule has 1 atom stereocenters. The fourth-order valence-electron chi connectivity index (χ4n) is 5.77. The summed E-state index contributed by atoms with van der Waals surface area (Å²) in [4.78, 5) is 22.5. The number of aromatic nitrogens is 2. The van der Waals surface area contributed by atoms with Crippen LogP contribution in [0.25, 0.3) is 0 Å². The topological polar surface area (TPSA) is 99.9 Å². The van der Waals surface area contributed by atoms with Crippen LogP contribution in [0.3, 0.4) is 0 Å². The van der Waals surface area contributed by atoms with Crippen molar-refractivity contribution in [2.75, 3.05) is 19.8 Å². The van der Waals surface area contributed by atoms with E-state index in [1.54, 1.807) is 4.68 Å². The molecule has 1 aromatic heterocycles. The van der Waals surface area contributed by atoms with Gasteiger partial charge in [0.15, 0.2) is 5.69 Å². The number of carbonyl (C=O) groups is 2. The first-order valence-electron chi connectivity index (χ1n) is 13.3. The molecule has 2 aliphatic heterocycles. The summed E-state index contributed by atoms with van der Waals surface area (Å²) in [5.41, 5.74) is 2.07. The summed E-state index contributed by atoms with van der Waals surface area (Å²) in [7, 11) is -1.13. The summed E-state index contributed by atoms with van der Waals surface area (Å²) >= 11 is 0. The zero-order valence-electron chi connectivity index (χ0n) is 21.7. The molecule has 35 heavy (non-hydrogen) atoms. The third-order valence-electron chi connectivity index (χ3n) is 7.99. The Morgan fingerprint density at radius 1 is 1.03 bits per heavy atom. The second kappa shape index (κ2) is 10.8. The zero-order chi connectivity index (χ0) is 25.1. The van der Waals surface area contributed by atoms with Gasteiger partial charge in [-0.1, -0.05) is 19.6 Å². The fourth-order valence-corrected chi connectivity index (χ4v) is 6.53. The molecule has 0 amide bonds. The largest absolute Gasteiger partial charge is 0.476 e. The number of nitrogens with zero attached hydrogens (tertiary/aromatic N) is 2. The van der Waals surface area contributed by atoms with E-state index in [1.165, 1.54) is 12.8 Å². The highest BCUT2D eigenvalue weighted by molar-refractivity contribution is 6.76. The quantitative estimate of drug-likeness (QED) is 0.444. The lowest BCUT2D eigenvalue weighted by Crippen LogP contribution is -2.36. The van der Waals surface area contributed by atoms with Gasteiger partial charge in [-0.3, -0.25) is 4.79 Å². The number of aromatic carboxylic acids is 1. The van der Waals surface area contributed by atoms with E-state index in [1.807, 2.05) is 0 Å². The highest BCUT2D eigenvalue weighted by Crippen LogP contribution is 2.40. The molecular formula is C26H42N2O6Si. The third-order valence-corrected chi connectivity index (χ3v) is 9.69. The van der Waals surface area contributed by atoms with Crippen LogP contribution >= 0.6 is 0 Å². The maximum absolute atomic E-state index is 11.5. The molecule has 3 heterocycles. The van der Waals surface area contributed by atoms with Crippen LogP contribution in [0.15, 0.2) is 0 Å². The van der Waals surface area contributed by atoms with Gasteiger partial charge in [0.1, 0.15) is 12.5 Å². The zero-order valence-corrected chi connectivity index (χ0v) is 22.7. The first-order chi connectivity index (χ1) is 16.6. The monoisotopic (exact) mass is 506 g/mol. The molecule has 8 nitrogen and oxygen atoms in total. The van der Waals surface area contributed by atoms with Gasteiger partial charge in [0, 0.05) is 58.4 Å². The number of hydrogen-bond donors (Lipinski definition) is 1. The molecular weight excluding hydrogens is 464 g/mol. The first-order valence-corrected chi connectivity index (χ1v) is 17.0. The number of carboxylic acid groups (broad SMARTS) is 1. The molecule has 0 radical (unpaired) electrons. The van der Waals surface area contributed by atoms with Crippen molar-refractivity contribution in [3.05, 3.63) is 17.0 Å². The maximum atomic E-state index is 11.5. The van der Waals surface area contributed by atoms with Crippen LogP contribution < -0.4 is 0 Å². The molecule has 5 rings (SSSR count). The summed E-state index contributed by atoms with van der Waals surface area (Å²) in [5.74, 6) is -0.526. The number of carbonyl (C=O) groups excluding carboxylic acids is 1. The highest BCUT2D eigenvalue weighted by atomic mass is 28.3. The van der Waals surface area contributed by atoms with E-state index in [2.05, 4.69) is 24.7 Å². The standard InChI is InChI=1S/C17H28N2O4Si.C9H14O2/c1-24(2,3)10-9-22-12-19-14-11-17(6-4-8-23-17)7-5-13(14)15(18-19)16(20)21;10-8-2-5-9(6-3-8)4-1-7-11-9/h4-12H2,1-3H3,(H,20,21);1-7H2. The van der Waals surface area contributed by atoms with Gasteiger partial charge in [-0.2, -0.15) is 5.10 Å². The molecule has 1 saturated carbocycles. The molecule has 1 aromatic rings. The van der Waals surface area contributed by atoms with Crippen LogP contribution in [0.2, 0.25) is 25.7 Å². The van der Waals surface area contributed by atoms with E-state index in [9.17, 15) is 14.7 Å². The van der Waals surface area contributed by atoms with E-state index in [-0.39, 0.29) is 16.9 Å². The van der Waals surface area contributed by atoms with Crippen LogP contribution in [0.4, 0.5) is 0 Å². The minimum atomic E-state index is -1.13. The van der Waals surface area contributed by atoms with Crippen molar-refractivity contribution in [2.45, 2.75) is 114 Å². The summed E-state index contributed by atoms with van der Waals surface area (Å²) in [6.45, 7) is 9.70. The second-order valence-corrected chi connectivity index (χ2v) is 17.5. The maximum Gasteiger partial charge on any atom is 0.356 e. The minimum Gasteiger partial charge on any atom is -0.476 e. The van der Waals surface area contributed by atoms with Gasteiger partial charge in [0.2, 0.25) is 0 Å². The van der Waals surface area contributed by atoms with Crippen molar-refractivity contribution < 1.29 is 28.9 Å². The lowest BCUT2D eigenvalue weighted by atomic mass is 9.81. The molecule has 1 unspecified atom stereocenters. The molecule has 2 spiro atoms. The van der Waals surface area contributed by atoms with Crippen LogP contribution in [-0.4, -0.2) is 65.7 Å². The average molecular weight is 507 g/mol. The van der Waals surface area contributed by atoms with Gasteiger partial charge in [0.05, 0.1) is 11.2 Å². The summed E-state index contributed by atoms with van der Waals surface area (Å²) in [6, 6.07) is 1.09. The van der Waals surface area contributed by atoms with E-state index >= 15 is 0 Å². The van der Waals surface area contributed by atoms with Gasteiger partial charge in [-0.25, -0.2) is 9.48 Å². The van der Waals surface area contributed by atoms with E-state index in [4.69, 9.17) is 14.2 Å². The van der Waals surface area contributed by atoms with E-state index in [0.717, 1.165) is 88.3 Å². The molecule has 1 N–H and O–H groups in total. The Morgan fingerprint density at radius 3 is 2.23 bits per heavy atom. The predicted molar refractivity (Wildman–Crippen MR) is 135 cm³/mol. The Labute approximate surface area is 209 Å². The van der Waals surface area contributed by atoms with Gasteiger partial charge in [-0.15, -0.1) is 0 Å². The van der Waals surface area contributed by atoms with Crippen molar-refractivity contribution >= 4 is 19.8 Å². The number of rotatable bonds is 6. The number of ether oxygens (including phenoxy) is 3. The van der Waals surface area contributed by atoms with Crippen LogP contribution in [0.5, 0.6) is 0 Å². The summed E-state index contributed by atoms with van der Waals surface area (Å²) < 4.78 is 19.2. The van der Waals surface area contributed by atoms with E-state index < -0.39 is 14.0 Å². The second-order valence-electron chi connectivity index (χ2n) is 11.9. The molecule has 0 aromatic carbocycles. The Kier molecular flexibility index (Phi) is 8.20. The predicted octanol–water partition coefficient (Wildman–Crippen LogP) is 4.61. The van der Waals surface area contributed by atoms with Crippen molar-refractivity contribution in [1.82, 2.24) is 9.78 Å². The van der Waals surface area contributed by atoms with Crippen LogP contribution in [0, 0.1) is 0 Å². The Morgan fingerprint density at radius 2 is 1.66 bits per heavy atom. The third kappa shape index (κ3) is 6.61. The van der Waals surface area contributed by atoms with Gasteiger partial charge in [-0.05, 0) is 57.4 Å². The van der Waals surface area contributed by atoms with Crippen LogP contribution in [-0.2, 0) is 38.6 Å².